The third-order valence-electron chi connectivity index (χ3n) is 3.88. The van der Waals surface area contributed by atoms with Gasteiger partial charge in [-0.3, -0.25) is 9.69 Å². The Kier molecular flexibility index (Phi) is 5.01. The third kappa shape index (κ3) is 4.40. The van der Waals surface area contributed by atoms with Crippen LogP contribution in [0.3, 0.4) is 0 Å². The minimum absolute atomic E-state index is 0.0903. The maximum atomic E-state index is 12.0. The Labute approximate surface area is 132 Å². The van der Waals surface area contributed by atoms with Crippen LogP contribution in [0.15, 0.2) is 6.20 Å². The molecule has 22 heavy (non-hydrogen) atoms. The van der Waals surface area contributed by atoms with E-state index in [0.29, 0.717) is 6.54 Å². The van der Waals surface area contributed by atoms with E-state index >= 15 is 0 Å². The molecule has 1 saturated heterocycles. The number of rotatable bonds is 3. The molecule has 0 bridgehead atoms. The maximum absolute atomic E-state index is 12.0. The Balaban J connectivity index is 1.88. The van der Waals surface area contributed by atoms with Crippen molar-refractivity contribution >= 4 is 11.7 Å². The predicted octanol–water partition coefficient (Wildman–Crippen LogP) is 1.13. The number of aromatic nitrogens is 2. The molecular formula is C16H27N5O. The summed E-state index contributed by atoms with van der Waals surface area (Å²) in [6.45, 7) is 14.1. The first-order valence-corrected chi connectivity index (χ1v) is 7.83. The average Bonchev–Trinajstić information content (AvgIpc) is 2.41. The highest BCUT2D eigenvalue weighted by molar-refractivity contribution is 5.78. The highest BCUT2D eigenvalue weighted by Gasteiger charge is 2.23. The molecule has 1 aromatic heterocycles. The number of hydrogen-bond donors (Lipinski definition) is 1. The number of carbonyl (C=O) groups excluding carboxylic acids is 1. The minimum atomic E-state index is -0.173. The second-order valence-corrected chi connectivity index (χ2v) is 7.04. The highest BCUT2D eigenvalue weighted by atomic mass is 16.2. The van der Waals surface area contributed by atoms with Crippen LogP contribution in [0.4, 0.5) is 5.82 Å². The lowest BCUT2D eigenvalue weighted by molar-refractivity contribution is -0.123. The van der Waals surface area contributed by atoms with E-state index in [-0.39, 0.29) is 11.4 Å². The molecule has 6 heteroatoms. The molecule has 1 aromatic rings. The number of nitrogens with one attached hydrogen (secondary N) is 1. The molecule has 2 rings (SSSR count). The summed E-state index contributed by atoms with van der Waals surface area (Å²) in [7, 11) is 0. The van der Waals surface area contributed by atoms with Crippen molar-refractivity contribution in [2.45, 2.75) is 40.2 Å². The van der Waals surface area contributed by atoms with Crippen molar-refractivity contribution in [1.82, 2.24) is 20.4 Å². The van der Waals surface area contributed by atoms with E-state index in [1.54, 1.807) is 6.20 Å². The van der Waals surface area contributed by atoms with E-state index in [9.17, 15) is 4.79 Å². The number of aryl methyl sites for hydroxylation is 1. The van der Waals surface area contributed by atoms with Crippen molar-refractivity contribution in [2.75, 3.05) is 37.6 Å². The lowest BCUT2D eigenvalue weighted by Crippen LogP contribution is -2.52. The van der Waals surface area contributed by atoms with E-state index in [1.165, 1.54) is 5.56 Å². The average molecular weight is 305 g/mol. The fourth-order valence-corrected chi connectivity index (χ4v) is 2.60. The summed E-state index contributed by atoms with van der Waals surface area (Å²) in [4.78, 5) is 16.4. The number of piperazine rings is 1. The molecule has 1 fully saturated rings. The van der Waals surface area contributed by atoms with E-state index in [2.05, 4.69) is 39.2 Å². The fourth-order valence-electron chi connectivity index (χ4n) is 2.60. The topological polar surface area (TPSA) is 61.4 Å². The van der Waals surface area contributed by atoms with Gasteiger partial charge in [0, 0.05) is 31.7 Å². The molecule has 122 valence electrons. The highest BCUT2D eigenvalue weighted by Crippen LogP contribution is 2.19. The lowest BCUT2D eigenvalue weighted by atomic mass is 10.1. The monoisotopic (exact) mass is 305 g/mol. The first kappa shape index (κ1) is 16.7. The number of amides is 1. The van der Waals surface area contributed by atoms with Crippen molar-refractivity contribution in [3.63, 3.8) is 0 Å². The molecule has 1 aliphatic rings. The van der Waals surface area contributed by atoms with Gasteiger partial charge in [-0.05, 0) is 45.7 Å². The molecule has 0 unspecified atom stereocenters. The summed E-state index contributed by atoms with van der Waals surface area (Å²) in [5.41, 5.74) is 2.18. The van der Waals surface area contributed by atoms with Gasteiger partial charge in [0.1, 0.15) is 0 Å². The quantitative estimate of drug-likeness (QED) is 0.907. The number of anilines is 1. The Hall–Kier alpha value is -1.69. The van der Waals surface area contributed by atoms with Gasteiger partial charge in [-0.15, -0.1) is 5.10 Å². The van der Waals surface area contributed by atoms with Crippen LogP contribution in [-0.2, 0) is 4.79 Å². The van der Waals surface area contributed by atoms with E-state index in [4.69, 9.17) is 0 Å². The lowest BCUT2D eigenvalue weighted by Gasteiger charge is -2.36. The largest absolute Gasteiger partial charge is 0.352 e. The number of carbonyl (C=O) groups is 1. The smallest absolute Gasteiger partial charge is 0.234 e. The standard InChI is InChI=1S/C16H27N5O/c1-12-10-17-19-15(13(12)2)21-8-6-20(7-9-21)11-14(22)18-16(3,4)5/h10H,6-9,11H2,1-5H3,(H,18,22). The molecule has 0 aliphatic carbocycles. The van der Waals surface area contributed by atoms with E-state index in [0.717, 1.165) is 37.6 Å². The fraction of sp³-hybridized carbons (Fsp3) is 0.688. The molecule has 0 atom stereocenters. The predicted molar refractivity (Wildman–Crippen MR) is 88.1 cm³/mol. The molecule has 0 spiro atoms. The molecule has 1 amide bonds. The van der Waals surface area contributed by atoms with Crippen LogP contribution in [0.1, 0.15) is 31.9 Å². The van der Waals surface area contributed by atoms with E-state index in [1.807, 2.05) is 20.8 Å². The summed E-state index contributed by atoms with van der Waals surface area (Å²) in [6, 6.07) is 0. The zero-order valence-corrected chi connectivity index (χ0v) is 14.3. The number of nitrogens with zero attached hydrogens (tertiary/aromatic N) is 4. The summed E-state index contributed by atoms with van der Waals surface area (Å²) in [5.74, 6) is 1.06. The molecule has 0 radical (unpaired) electrons. The summed E-state index contributed by atoms with van der Waals surface area (Å²) in [5, 5.41) is 11.3. The second-order valence-electron chi connectivity index (χ2n) is 7.04. The zero-order chi connectivity index (χ0) is 16.3. The van der Waals surface area contributed by atoms with Crippen LogP contribution in [-0.4, -0.2) is 59.3 Å². The summed E-state index contributed by atoms with van der Waals surface area (Å²) < 4.78 is 0. The molecule has 6 nitrogen and oxygen atoms in total. The molecule has 1 aliphatic heterocycles. The number of hydrogen-bond acceptors (Lipinski definition) is 5. The third-order valence-corrected chi connectivity index (χ3v) is 3.88. The SMILES string of the molecule is Cc1cnnc(N2CCN(CC(=O)NC(C)(C)C)CC2)c1C. The van der Waals surface area contributed by atoms with Crippen LogP contribution in [0.5, 0.6) is 0 Å². The van der Waals surface area contributed by atoms with Gasteiger partial charge in [0.2, 0.25) is 5.91 Å². The molecule has 2 heterocycles. The van der Waals surface area contributed by atoms with Crippen LogP contribution >= 0.6 is 0 Å². The van der Waals surface area contributed by atoms with Crippen LogP contribution < -0.4 is 10.2 Å². The zero-order valence-electron chi connectivity index (χ0n) is 14.3. The van der Waals surface area contributed by atoms with Gasteiger partial charge in [-0.1, -0.05) is 0 Å². The molecule has 0 saturated carbocycles. The Bertz CT molecular complexity index is 530. The van der Waals surface area contributed by atoms with Gasteiger partial charge in [-0.25, -0.2) is 0 Å². The first-order valence-electron chi connectivity index (χ1n) is 7.83. The van der Waals surface area contributed by atoms with Gasteiger partial charge in [0.15, 0.2) is 5.82 Å². The Morgan fingerprint density at radius 1 is 1.23 bits per heavy atom. The molecular weight excluding hydrogens is 278 g/mol. The Morgan fingerprint density at radius 3 is 2.45 bits per heavy atom. The Morgan fingerprint density at radius 2 is 1.86 bits per heavy atom. The van der Waals surface area contributed by atoms with E-state index < -0.39 is 0 Å². The van der Waals surface area contributed by atoms with Crippen LogP contribution in [0.25, 0.3) is 0 Å². The van der Waals surface area contributed by atoms with Gasteiger partial charge in [-0.2, -0.15) is 5.10 Å². The van der Waals surface area contributed by atoms with Gasteiger partial charge >= 0.3 is 0 Å². The maximum Gasteiger partial charge on any atom is 0.234 e. The van der Waals surface area contributed by atoms with Gasteiger partial charge in [0.05, 0.1) is 12.7 Å². The van der Waals surface area contributed by atoms with Crippen molar-refractivity contribution in [1.29, 1.82) is 0 Å². The second kappa shape index (κ2) is 6.60. The molecule has 0 aromatic carbocycles. The van der Waals surface area contributed by atoms with Crippen molar-refractivity contribution in [3.8, 4) is 0 Å². The van der Waals surface area contributed by atoms with Crippen molar-refractivity contribution in [3.05, 3.63) is 17.3 Å². The summed E-state index contributed by atoms with van der Waals surface area (Å²) in [6.07, 6.45) is 1.80. The molecule has 1 N–H and O–H groups in total. The van der Waals surface area contributed by atoms with Gasteiger partial charge in [0.25, 0.3) is 0 Å². The van der Waals surface area contributed by atoms with Gasteiger partial charge < -0.3 is 10.2 Å². The first-order chi connectivity index (χ1) is 10.3. The van der Waals surface area contributed by atoms with Crippen molar-refractivity contribution in [2.24, 2.45) is 0 Å². The normalized spacial score (nSPS) is 16.7. The van der Waals surface area contributed by atoms with Crippen molar-refractivity contribution < 1.29 is 4.79 Å². The van der Waals surface area contributed by atoms with Crippen LogP contribution in [0.2, 0.25) is 0 Å². The van der Waals surface area contributed by atoms with Crippen LogP contribution in [0, 0.1) is 13.8 Å². The summed E-state index contributed by atoms with van der Waals surface area (Å²) >= 11 is 0. The minimum Gasteiger partial charge on any atom is -0.352 e.